The third-order valence-electron chi connectivity index (χ3n) is 4.78. The van der Waals surface area contributed by atoms with Crippen LogP contribution in [0.4, 0.5) is 0 Å². The number of nitrogens with zero attached hydrogens (tertiary/aromatic N) is 2. The molecule has 0 spiro atoms. The third kappa shape index (κ3) is 4.55. The number of benzene rings is 1. The van der Waals surface area contributed by atoms with E-state index in [9.17, 15) is 4.79 Å². The number of carbonyl (C=O) groups is 1. The highest BCUT2D eigenvalue weighted by molar-refractivity contribution is 5.66. The lowest BCUT2D eigenvalue weighted by atomic mass is 10.1. The summed E-state index contributed by atoms with van der Waals surface area (Å²) in [5.41, 5.74) is 1.37. The summed E-state index contributed by atoms with van der Waals surface area (Å²) < 4.78 is 0. The Morgan fingerprint density at radius 3 is 2.77 bits per heavy atom. The summed E-state index contributed by atoms with van der Waals surface area (Å²) in [6.45, 7) is 8.54. The van der Waals surface area contributed by atoms with Crippen LogP contribution in [0.1, 0.15) is 44.7 Å². The molecule has 0 amide bonds. The predicted molar refractivity (Wildman–Crippen MR) is 89.0 cm³/mol. The van der Waals surface area contributed by atoms with Crippen molar-refractivity contribution in [1.29, 1.82) is 0 Å². The molecule has 1 heterocycles. The number of rotatable bonds is 8. The first-order valence-corrected chi connectivity index (χ1v) is 8.36. The topological polar surface area (TPSA) is 43.8 Å². The molecule has 1 aromatic rings. The first-order chi connectivity index (χ1) is 10.6. The van der Waals surface area contributed by atoms with E-state index in [2.05, 4.69) is 54.0 Å². The zero-order valence-corrected chi connectivity index (χ0v) is 13.7. The number of hydrogen-bond acceptors (Lipinski definition) is 3. The van der Waals surface area contributed by atoms with E-state index in [0.717, 1.165) is 32.6 Å². The van der Waals surface area contributed by atoms with Gasteiger partial charge in [0, 0.05) is 31.6 Å². The fraction of sp³-hybridized carbons (Fsp3) is 0.611. The van der Waals surface area contributed by atoms with Crippen LogP contribution < -0.4 is 0 Å². The van der Waals surface area contributed by atoms with Crippen molar-refractivity contribution < 1.29 is 9.90 Å². The normalized spacial score (nSPS) is 20.4. The van der Waals surface area contributed by atoms with Crippen molar-refractivity contribution in [2.24, 2.45) is 0 Å². The molecule has 0 saturated carbocycles. The summed E-state index contributed by atoms with van der Waals surface area (Å²) in [6, 6.07) is 11.7. The van der Waals surface area contributed by atoms with Gasteiger partial charge in [0.1, 0.15) is 0 Å². The van der Waals surface area contributed by atoms with E-state index >= 15 is 0 Å². The van der Waals surface area contributed by atoms with Crippen LogP contribution in [-0.2, 0) is 4.79 Å². The van der Waals surface area contributed by atoms with Crippen LogP contribution in [0, 0.1) is 0 Å². The van der Waals surface area contributed by atoms with Gasteiger partial charge >= 0.3 is 5.97 Å². The number of hydrogen-bond donors (Lipinski definition) is 1. The molecule has 1 N–H and O–H groups in total. The van der Waals surface area contributed by atoms with E-state index < -0.39 is 5.97 Å². The van der Waals surface area contributed by atoms with E-state index in [1.54, 1.807) is 0 Å². The van der Waals surface area contributed by atoms with E-state index in [-0.39, 0.29) is 6.42 Å². The number of aliphatic carboxylic acids is 1. The average Bonchev–Trinajstić information content (AvgIpc) is 3.01. The molecule has 122 valence electrons. The van der Waals surface area contributed by atoms with E-state index in [4.69, 9.17) is 5.11 Å². The fourth-order valence-corrected chi connectivity index (χ4v) is 3.39. The van der Waals surface area contributed by atoms with Gasteiger partial charge < -0.3 is 5.11 Å². The van der Waals surface area contributed by atoms with Gasteiger partial charge in [-0.25, -0.2) is 0 Å². The maximum atomic E-state index is 10.7. The van der Waals surface area contributed by atoms with Crippen LogP contribution in [0.3, 0.4) is 0 Å². The molecule has 1 fully saturated rings. The molecule has 0 aromatic heterocycles. The number of likely N-dealkylation sites (tertiary alicyclic amines) is 1. The molecule has 22 heavy (non-hydrogen) atoms. The average molecular weight is 304 g/mol. The van der Waals surface area contributed by atoms with Crippen molar-refractivity contribution in [3.8, 4) is 0 Å². The van der Waals surface area contributed by atoms with Crippen LogP contribution in [0.5, 0.6) is 0 Å². The largest absolute Gasteiger partial charge is 0.481 e. The van der Waals surface area contributed by atoms with Gasteiger partial charge in [-0.2, -0.15) is 0 Å². The van der Waals surface area contributed by atoms with Crippen molar-refractivity contribution in [2.45, 2.75) is 45.2 Å². The Labute approximate surface area is 133 Å². The van der Waals surface area contributed by atoms with Gasteiger partial charge in [-0.1, -0.05) is 37.3 Å². The van der Waals surface area contributed by atoms with Crippen LogP contribution >= 0.6 is 0 Å². The summed E-state index contributed by atoms with van der Waals surface area (Å²) >= 11 is 0. The van der Waals surface area contributed by atoms with Crippen molar-refractivity contribution in [3.05, 3.63) is 35.9 Å². The van der Waals surface area contributed by atoms with Gasteiger partial charge in [-0.05, 0) is 38.4 Å². The van der Waals surface area contributed by atoms with Crippen molar-refractivity contribution in [3.63, 3.8) is 0 Å². The summed E-state index contributed by atoms with van der Waals surface area (Å²) in [4.78, 5) is 15.6. The molecular formula is C18H28N2O2. The highest BCUT2D eigenvalue weighted by Crippen LogP contribution is 2.26. The van der Waals surface area contributed by atoms with Gasteiger partial charge in [-0.15, -0.1) is 0 Å². The zero-order chi connectivity index (χ0) is 15.9. The minimum absolute atomic E-state index is 0.271. The Hall–Kier alpha value is -1.39. The van der Waals surface area contributed by atoms with Crippen LogP contribution in [0.15, 0.2) is 30.3 Å². The molecular weight excluding hydrogens is 276 g/mol. The second-order valence-corrected chi connectivity index (χ2v) is 6.15. The van der Waals surface area contributed by atoms with E-state index in [1.165, 1.54) is 12.0 Å². The molecule has 4 nitrogen and oxygen atoms in total. The monoisotopic (exact) mass is 304 g/mol. The van der Waals surface area contributed by atoms with Crippen molar-refractivity contribution >= 4 is 5.97 Å². The van der Waals surface area contributed by atoms with Gasteiger partial charge in [0.05, 0.1) is 0 Å². The Morgan fingerprint density at radius 2 is 2.14 bits per heavy atom. The predicted octanol–water partition coefficient (Wildman–Crippen LogP) is 3.01. The lowest BCUT2D eigenvalue weighted by Gasteiger charge is -2.29. The minimum Gasteiger partial charge on any atom is -0.481 e. The fourth-order valence-electron chi connectivity index (χ4n) is 3.39. The van der Waals surface area contributed by atoms with Crippen molar-refractivity contribution in [2.75, 3.05) is 26.2 Å². The highest BCUT2D eigenvalue weighted by atomic mass is 16.4. The zero-order valence-electron chi connectivity index (χ0n) is 13.7. The van der Waals surface area contributed by atoms with Gasteiger partial charge in [0.25, 0.3) is 0 Å². The molecule has 0 bridgehead atoms. The first kappa shape index (κ1) is 17.0. The first-order valence-electron chi connectivity index (χ1n) is 8.36. The number of carboxylic acids is 1. The van der Waals surface area contributed by atoms with Crippen molar-refractivity contribution in [1.82, 2.24) is 9.80 Å². The summed E-state index contributed by atoms with van der Waals surface area (Å²) in [5.74, 6) is -0.693. The molecule has 2 atom stereocenters. The Morgan fingerprint density at radius 1 is 1.41 bits per heavy atom. The minimum atomic E-state index is -0.693. The quantitative estimate of drug-likeness (QED) is 0.802. The molecule has 4 heteroatoms. The van der Waals surface area contributed by atoms with Crippen LogP contribution in [0.25, 0.3) is 0 Å². The van der Waals surface area contributed by atoms with Gasteiger partial charge in [0.2, 0.25) is 0 Å². The van der Waals surface area contributed by atoms with Crippen LogP contribution in [-0.4, -0.2) is 53.1 Å². The van der Waals surface area contributed by atoms with Gasteiger partial charge in [-0.3, -0.25) is 14.6 Å². The second kappa shape index (κ2) is 8.30. The Bertz CT molecular complexity index is 463. The molecule has 0 radical (unpaired) electrons. The van der Waals surface area contributed by atoms with Gasteiger partial charge in [0.15, 0.2) is 0 Å². The molecule has 1 aliphatic heterocycles. The maximum Gasteiger partial charge on any atom is 0.303 e. The lowest BCUT2D eigenvalue weighted by molar-refractivity contribution is -0.137. The standard InChI is InChI=1S/C18H28N2O2/c1-3-19(12-7-10-18(21)22)17-11-13-20(14-17)15(2)16-8-5-4-6-9-16/h4-6,8-9,15,17H,3,7,10-14H2,1-2H3,(H,21,22)/t15-,17-/m1/s1. The molecule has 1 aliphatic rings. The highest BCUT2D eigenvalue weighted by Gasteiger charge is 2.29. The number of carboxylic acid groups (broad SMARTS) is 1. The third-order valence-corrected chi connectivity index (χ3v) is 4.78. The smallest absolute Gasteiger partial charge is 0.303 e. The Kier molecular flexibility index (Phi) is 6.40. The molecule has 0 aliphatic carbocycles. The molecule has 0 unspecified atom stereocenters. The Balaban J connectivity index is 1.86. The SMILES string of the molecule is CCN(CCCC(=O)O)[C@@H]1CCN([C@H](C)c2ccccc2)C1. The summed E-state index contributed by atoms with van der Waals surface area (Å²) in [6.07, 6.45) is 2.19. The molecule has 1 saturated heterocycles. The summed E-state index contributed by atoms with van der Waals surface area (Å²) in [7, 11) is 0. The second-order valence-electron chi connectivity index (χ2n) is 6.15. The lowest BCUT2D eigenvalue weighted by Crippen LogP contribution is -2.38. The number of likely N-dealkylation sites (N-methyl/N-ethyl adjacent to an activating group) is 1. The van der Waals surface area contributed by atoms with E-state index in [0.29, 0.717) is 12.1 Å². The van der Waals surface area contributed by atoms with E-state index in [1.807, 2.05) is 0 Å². The summed E-state index contributed by atoms with van der Waals surface area (Å²) in [5, 5.41) is 8.78. The molecule has 1 aromatic carbocycles. The maximum absolute atomic E-state index is 10.7. The molecule has 2 rings (SSSR count). The van der Waals surface area contributed by atoms with Crippen LogP contribution in [0.2, 0.25) is 0 Å².